The van der Waals surface area contributed by atoms with E-state index >= 15 is 0 Å². The van der Waals surface area contributed by atoms with E-state index in [4.69, 9.17) is 17.3 Å². The Labute approximate surface area is 142 Å². The molecular weight excluding hydrogens is 333 g/mol. The van der Waals surface area contributed by atoms with E-state index in [1.807, 2.05) is 6.92 Å². The van der Waals surface area contributed by atoms with E-state index in [-0.39, 0.29) is 17.3 Å². The molecule has 3 N–H and O–H groups in total. The Morgan fingerprint density at radius 1 is 1.25 bits per heavy atom. The fourth-order valence-electron chi connectivity index (χ4n) is 2.14. The van der Waals surface area contributed by atoms with Crippen molar-refractivity contribution in [2.24, 2.45) is 0 Å². The fraction of sp³-hybridized carbons (Fsp3) is 0.0625. The number of aryl methyl sites for hydroxylation is 1. The summed E-state index contributed by atoms with van der Waals surface area (Å²) in [5.74, 6) is -0.819. The maximum Gasteiger partial charge on any atom is 0.280 e. The van der Waals surface area contributed by atoms with Crippen LogP contribution in [0.1, 0.15) is 16.1 Å². The Bertz CT molecular complexity index is 907. The zero-order chi connectivity index (χ0) is 17.3. The van der Waals surface area contributed by atoms with Crippen molar-refractivity contribution in [3.8, 4) is 5.69 Å². The van der Waals surface area contributed by atoms with E-state index in [0.717, 1.165) is 5.56 Å². The molecule has 0 aliphatic rings. The van der Waals surface area contributed by atoms with Crippen molar-refractivity contribution in [3.05, 3.63) is 64.6 Å². The summed E-state index contributed by atoms with van der Waals surface area (Å²) >= 11 is 5.96. The molecule has 24 heavy (non-hydrogen) atoms. The highest BCUT2D eigenvalue weighted by molar-refractivity contribution is 6.31. The summed E-state index contributed by atoms with van der Waals surface area (Å²) in [5.41, 5.74) is 7.82. The lowest BCUT2D eigenvalue weighted by atomic mass is 10.2. The zero-order valence-electron chi connectivity index (χ0n) is 12.6. The molecule has 0 spiro atoms. The number of rotatable bonds is 3. The molecule has 0 unspecified atom stereocenters. The van der Waals surface area contributed by atoms with Crippen LogP contribution in [0.2, 0.25) is 5.02 Å². The minimum atomic E-state index is -0.498. The summed E-state index contributed by atoms with van der Waals surface area (Å²) in [5, 5.41) is 10.9. The summed E-state index contributed by atoms with van der Waals surface area (Å²) in [6, 6.07) is 10.6. The number of hydrogen-bond donors (Lipinski definition) is 2. The first-order valence-corrected chi connectivity index (χ1v) is 7.38. The molecule has 0 fully saturated rings. The van der Waals surface area contributed by atoms with Crippen LogP contribution in [0.3, 0.4) is 0 Å². The number of benzene rings is 2. The Morgan fingerprint density at radius 2 is 1.96 bits per heavy atom. The van der Waals surface area contributed by atoms with Crippen molar-refractivity contribution in [1.82, 2.24) is 15.0 Å². The molecule has 3 aromatic rings. The van der Waals surface area contributed by atoms with Crippen LogP contribution in [0, 0.1) is 12.7 Å². The van der Waals surface area contributed by atoms with Crippen LogP contribution in [-0.4, -0.2) is 20.9 Å². The quantitative estimate of drug-likeness (QED) is 0.763. The van der Waals surface area contributed by atoms with Gasteiger partial charge in [-0.2, -0.15) is 4.68 Å². The SMILES string of the molecule is Cc1cc(NC(=O)c2nnn(-c3ccc(F)cc3)c2N)ccc1Cl. The van der Waals surface area contributed by atoms with Gasteiger partial charge in [-0.1, -0.05) is 16.8 Å². The lowest BCUT2D eigenvalue weighted by Gasteiger charge is -2.06. The molecule has 2 aromatic carbocycles. The second-order valence-electron chi connectivity index (χ2n) is 5.13. The summed E-state index contributed by atoms with van der Waals surface area (Å²) < 4.78 is 14.3. The third kappa shape index (κ3) is 3.07. The molecular formula is C16H13ClFN5O. The van der Waals surface area contributed by atoms with Crippen LogP contribution in [-0.2, 0) is 0 Å². The van der Waals surface area contributed by atoms with Gasteiger partial charge in [-0.25, -0.2) is 4.39 Å². The Hall–Kier alpha value is -2.93. The topological polar surface area (TPSA) is 85.8 Å². The third-order valence-corrected chi connectivity index (χ3v) is 3.83. The number of nitrogens with two attached hydrogens (primary N) is 1. The Balaban J connectivity index is 1.85. The van der Waals surface area contributed by atoms with Crippen molar-refractivity contribution in [1.29, 1.82) is 0 Å². The normalized spacial score (nSPS) is 10.6. The number of carbonyl (C=O) groups excluding carboxylic acids is 1. The van der Waals surface area contributed by atoms with Gasteiger partial charge in [0.05, 0.1) is 5.69 Å². The number of nitrogen functional groups attached to an aromatic ring is 1. The molecule has 1 aromatic heterocycles. The molecule has 0 aliphatic carbocycles. The number of nitrogens with zero attached hydrogens (tertiary/aromatic N) is 3. The van der Waals surface area contributed by atoms with Crippen molar-refractivity contribution >= 4 is 29.0 Å². The van der Waals surface area contributed by atoms with Gasteiger partial charge in [-0.05, 0) is 55.0 Å². The molecule has 6 nitrogen and oxygen atoms in total. The van der Waals surface area contributed by atoms with Gasteiger partial charge in [0.2, 0.25) is 0 Å². The van der Waals surface area contributed by atoms with Gasteiger partial charge in [-0.15, -0.1) is 5.10 Å². The first-order valence-electron chi connectivity index (χ1n) is 7.00. The molecule has 0 atom stereocenters. The molecule has 8 heteroatoms. The highest BCUT2D eigenvalue weighted by atomic mass is 35.5. The first-order chi connectivity index (χ1) is 11.5. The maximum absolute atomic E-state index is 13.0. The van der Waals surface area contributed by atoms with Gasteiger partial charge in [0.25, 0.3) is 5.91 Å². The predicted molar refractivity (Wildman–Crippen MR) is 89.9 cm³/mol. The number of aromatic nitrogens is 3. The second-order valence-corrected chi connectivity index (χ2v) is 5.54. The summed E-state index contributed by atoms with van der Waals surface area (Å²) in [7, 11) is 0. The second kappa shape index (κ2) is 6.29. The van der Waals surface area contributed by atoms with Crippen LogP contribution in [0.5, 0.6) is 0 Å². The van der Waals surface area contributed by atoms with Gasteiger partial charge in [0.15, 0.2) is 11.5 Å². The highest BCUT2D eigenvalue weighted by Gasteiger charge is 2.18. The lowest BCUT2D eigenvalue weighted by Crippen LogP contribution is -2.15. The number of nitrogens with one attached hydrogen (secondary N) is 1. The summed E-state index contributed by atoms with van der Waals surface area (Å²) in [6.45, 7) is 1.83. The Morgan fingerprint density at radius 3 is 2.62 bits per heavy atom. The number of halogens is 2. The van der Waals surface area contributed by atoms with Gasteiger partial charge < -0.3 is 11.1 Å². The fourth-order valence-corrected chi connectivity index (χ4v) is 2.25. The van der Waals surface area contributed by atoms with E-state index in [2.05, 4.69) is 15.6 Å². The average Bonchev–Trinajstić information content (AvgIpc) is 2.93. The maximum atomic E-state index is 13.0. The Kier molecular flexibility index (Phi) is 4.18. The predicted octanol–water partition coefficient (Wildman–Crippen LogP) is 3.20. The molecule has 0 radical (unpaired) electrons. The number of anilines is 2. The monoisotopic (exact) mass is 345 g/mol. The molecule has 0 saturated heterocycles. The van der Waals surface area contributed by atoms with E-state index in [9.17, 15) is 9.18 Å². The van der Waals surface area contributed by atoms with Gasteiger partial charge in [-0.3, -0.25) is 4.79 Å². The highest BCUT2D eigenvalue weighted by Crippen LogP contribution is 2.21. The molecule has 0 aliphatic heterocycles. The van der Waals surface area contributed by atoms with Crippen LogP contribution < -0.4 is 11.1 Å². The van der Waals surface area contributed by atoms with E-state index in [1.165, 1.54) is 28.9 Å². The van der Waals surface area contributed by atoms with E-state index < -0.39 is 5.91 Å². The molecule has 1 heterocycles. The smallest absolute Gasteiger partial charge is 0.280 e. The van der Waals surface area contributed by atoms with Crippen LogP contribution in [0.15, 0.2) is 42.5 Å². The first kappa shape index (κ1) is 15.9. The van der Waals surface area contributed by atoms with Gasteiger partial charge in [0.1, 0.15) is 5.82 Å². The van der Waals surface area contributed by atoms with Crippen molar-refractivity contribution in [2.45, 2.75) is 6.92 Å². The van der Waals surface area contributed by atoms with Crippen LogP contribution in [0.25, 0.3) is 5.69 Å². The van der Waals surface area contributed by atoms with Gasteiger partial charge >= 0.3 is 0 Å². The molecule has 3 rings (SSSR count). The largest absolute Gasteiger partial charge is 0.382 e. The average molecular weight is 346 g/mol. The molecule has 0 saturated carbocycles. The van der Waals surface area contributed by atoms with Crippen molar-refractivity contribution in [2.75, 3.05) is 11.1 Å². The van der Waals surface area contributed by atoms with E-state index in [1.54, 1.807) is 18.2 Å². The standard InChI is InChI=1S/C16H13ClFN5O/c1-9-8-11(4-7-13(9)17)20-16(24)14-15(19)23(22-21-14)12-5-2-10(18)3-6-12/h2-8H,19H2,1H3,(H,20,24). The minimum Gasteiger partial charge on any atom is -0.382 e. The molecule has 122 valence electrons. The van der Waals surface area contributed by atoms with Crippen LogP contribution in [0.4, 0.5) is 15.9 Å². The lowest BCUT2D eigenvalue weighted by molar-refractivity contribution is 0.102. The van der Waals surface area contributed by atoms with Crippen LogP contribution >= 0.6 is 11.6 Å². The summed E-state index contributed by atoms with van der Waals surface area (Å²) in [4.78, 5) is 12.3. The summed E-state index contributed by atoms with van der Waals surface area (Å²) in [6.07, 6.45) is 0. The van der Waals surface area contributed by atoms with Crippen molar-refractivity contribution in [3.63, 3.8) is 0 Å². The minimum absolute atomic E-state index is 0.0214. The number of amides is 1. The van der Waals surface area contributed by atoms with Gasteiger partial charge in [0, 0.05) is 10.7 Å². The molecule has 0 bridgehead atoms. The zero-order valence-corrected chi connectivity index (χ0v) is 13.4. The number of hydrogen-bond acceptors (Lipinski definition) is 4. The number of carbonyl (C=O) groups is 1. The third-order valence-electron chi connectivity index (χ3n) is 3.41. The van der Waals surface area contributed by atoms with Crippen molar-refractivity contribution < 1.29 is 9.18 Å². The molecule has 1 amide bonds. The van der Waals surface area contributed by atoms with E-state index in [0.29, 0.717) is 16.4 Å².